The van der Waals surface area contributed by atoms with Crippen LogP contribution >= 0.6 is 0 Å². The fraction of sp³-hybridized carbons (Fsp3) is 0.607. The number of nitriles is 1. The Morgan fingerprint density at radius 1 is 1.08 bits per heavy atom. The first-order valence-electron chi connectivity index (χ1n) is 13.0. The largest absolute Gasteiger partial charge is 0.466 e. The zero-order valence-corrected chi connectivity index (χ0v) is 23.6. The molecule has 0 saturated carbocycles. The van der Waals surface area contributed by atoms with E-state index in [-0.39, 0.29) is 31.9 Å². The van der Waals surface area contributed by atoms with Crippen LogP contribution < -0.4 is 10.6 Å². The van der Waals surface area contributed by atoms with Crippen molar-refractivity contribution in [3.8, 4) is 6.07 Å². The first-order chi connectivity index (χ1) is 17.8. The predicted octanol–water partition coefficient (Wildman–Crippen LogP) is 3.65. The van der Waals surface area contributed by atoms with Crippen LogP contribution in [0, 0.1) is 17.2 Å². The Bertz CT molecular complexity index is 979. The van der Waals surface area contributed by atoms with E-state index < -0.39 is 48.1 Å². The maximum absolute atomic E-state index is 13.8. The number of alkyl carbamates (subject to hydrolysis) is 1. The average Bonchev–Trinajstić information content (AvgIpc) is 2.82. The van der Waals surface area contributed by atoms with E-state index in [9.17, 15) is 24.4 Å². The summed E-state index contributed by atoms with van der Waals surface area (Å²) in [4.78, 5) is 52.7. The quantitative estimate of drug-likeness (QED) is 0.293. The molecule has 0 aliphatic rings. The van der Waals surface area contributed by atoms with Gasteiger partial charge in [-0.15, -0.1) is 0 Å². The molecule has 0 spiro atoms. The molecule has 38 heavy (non-hydrogen) atoms. The lowest BCUT2D eigenvalue weighted by atomic mass is 9.98. The van der Waals surface area contributed by atoms with Gasteiger partial charge in [0, 0.05) is 6.54 Å². The molecule has 210 valence electrons. The second-order valence-corrected chi connectivity index (χ2v) is 10.3. The van der Waals surface area contributed by atoms with Gasteiger partial charge in [-0.1, -0.05) is 45.0 Å². The van der Waals surface area contributed by atoms with Gasteiger partial charge in [0.15, 0.2) is 0 Å². The smallest absolute Gasteiger partial charge is 0.408 e. The van der Waals surface area contributed by atoms with Crippen molar-refractivity contribution in [1.29, 1.82) is 5.26 Å². The van der Waals surface area contributed by atoms with E-state index >= 15 is 0 Å². The first kappa shape index (κ1) is 32.4. The van der Waals surface area contributed by atoms with Crippen LogP contribution in [0.15, 0.2) is 24.3 Å². The van der Waals surface area contributed by atoms with Gasteiger partial charge in [0.1, 0.15) is 24.2 Å². The highest BCUT2D eigenvalue weighted by atomic mass is 16.6. The van der Waals surface area contributed by atoms with Gasteiger partial charge in [0.2, 0.25) is 11.8 Å². The van der Waals surface area contributed by atoms with Crippen LogP contribution in [0.1, 0.15) is 78.5 Å². The normalized spacial score (nSPS) is 12.6. The summed E-state index contributed by atoms with van der Waals surface area (Å²) < 4.78 is 10.3. The standard InChI is InChI=1S/C28H42N4O6/c1-8-20-10-12-21(13-11-20)24(25(34)30-16-14-23(33)37-9-2)32(17-15-29)26(35)22(18-19(3)4)31-27(36)38-28(5,6)7/h10-13,19,22,24H,8-9,14,16-18H2,1-7H3,(H,30,34)(H,31,36). The lowest BCUT2D eigenvalue weighted by molar-refractivity contribution is -0.144. The van der Waals surface area contributed by atoms with E-state index in [1.807, 2.05) is 39.0 Å². The molecule has 0 aliphatic heterocycles. The van der Waals surface area contributed by atoms with E-state index in [0.29, 0.717) is 5.56 Å². The number of hydrogen-bond acceptors (Lipinski definition) is 7. The summed E-state index contributed by atoms with van der Waals surface area (Å²) in [5.41, 5.74) is 0.766. The Balaban J connectivity index is 3.37. The molecule has 0 heterocycles. The van der Waals surface area contributed by atoms with E-state index in [1.165, 1.54) is 0 Å². The number of hydrogen-bond donors (Lipinski definition) is 2. The topological polar surface area (TPSA) is 138 Å². The highest BCUT2D eigenvalue weighted by molar-refractivity contribution is 5.92. The minimum absolute atomic E-state index is 0.00136. The van der Waals surface area contributed by atoms with Crippen molar-refractivity contribution in [2.24, 2.45) is 5.92 Å². The van der Waals surface area contributed by atoms with Crippen LogP contribution in [0.4, 0.5) is 4.79 Å². The summed E-state index contributed by atoms with van der Waals surface area (Å²) in [6.07, 6.45) is 0.250. The van der Waals surface area contributed by atoms with Crippen molar-refractivity contribution in [2.45, 2.75) is 85.4 Å². The summed E-state index contributed by atoms with van der Waals surface area (Å²) in [6.45, 7) is 12.5. The number of esters is 1. The maximum atomic E-state index is 13.8. The van der Waals surface area contributed by atoms with Crippen LogP contribution in [-0.2, 0) is 30.3 Å². The molecule has 0 aromatic heterocycles. The van der Waals surface area contributed by atoms with Gasteiger partial charge in [-0.25, -0.2) is 4.79 Å². The number of aryl methyl sites for hydroxylation is 1. The minimum Gasteiger partial charge on any atom is -0.466 e. The SMILES string of the molecule is CCOC(=O)CCNC(=O)C(c1ccc(CC)cc1)N(CC#N)C(=O)C(CC(C)C)NC(=O)OC(C)(C)C. The summed E-state index contributed by atoms with van der Waals surface area (Å²) in [7, 11) is 0. The van der Waals surface area contributed by atoms with Gasteiger partial charge >= 0.3 is 12.1 Å². The summed E-state index contributed by atoms with van der Waals surface area (Å²) in [5, 5.41) is 14.9. The number of rotatable bonds is 13. The molecule has 0 aliphatic carbocycles. The highest BCUT2D eigenvalue weighted by Crippen LogP contribution is 2.24. The molecule has 0 saturated heterocycles. The van der Waals surface area contributed by atoms with Crippen LogP contribution in [0.5, 0.6) is 0 Å². The van der Waals surface area contributed by atoms with Crippen molar-refractivity contribution < 1.29 is 28.7 Å². The molecule has 2 N–H and O–H groups in total. The third-order valence-corrected chi connectivity index (χ3v) is 5.42. The van der Waals surface area contributed by atoms with Gasteiger partial charge in [0.25, 0.3) is 0 Å². The molecule has 1 aromatic carbocycles. The summed E-state index contributed by atoms with van der Waals surface area (Å²) >= 11 is 0. The lowest BCUT2D eigenvalue weighted by Crippen LogP contribution is -2.53. The third kappa shape index (κ3) is 11.2. The molecule has 10 heteroatoms. The van der Waals surface area contributed by atoms with Gasteiger partial charge in [-0.05, 0) is 57.6 Å². The van der Waals surface area contributed by atoms with Gasteiger partial charge in [0.05, 0.1) is 19.1 Å². The van der Waals surface area contributed by atoms with Gasteiger partial charge < -0.3 is 25.0 Å². The number of amides is 3. The molecule has 0 radical (unpaired) electrons. The Hall–Kier alpha value is -3.61. The molecule has 3 amide bonds. The van der Waals surface area contributed by atoms with E-state index in [4.69, 9.17) is 9.47 Å². The average molecular weight is 531 g/mol. The zero-order chi connectivity index (χ0) is 28.9. The number of ether oxygens (including phenoxy) is 2. The van der Waals surface area contributed by atoms with Crippen LogP contribution in [0.2, 0.25) is 0 Å². The van der Waals surface area contributed by atoms with E-state index in [1.54, 1.807) is 39.8 Å². The number of nitrogens with zero attached hydrogens (tertiary/aromatic N) is 2. The van der Waals surface area contributed by atoms with Crippen molar-refractivity contribution in [2.75, 3.05) is 19.7 Å². The predicted molar refractivity (Wildman–Crippen MR) is 143 cm³/mol. The van der Waals surface area contributed by atoms with Crippen molar-refractivity contribution in [3.05, 3.63) is 35.4 Å². The fourth-order valence-electron chi connectivity index (χ4n) is 3.74. The van der Waals surface area contributed by atoms with E-state index in [0.717, 1.165) is 16.9 Å². The van der Waals surface area contributed by atoms with Gasteiger partial charge in [-0.2, -0.15) is 5.26 Å². The Morgan fingerprint density at radius 2 is 1.71 bits per heavy atom. The Morgan fingerprint density at radius 3 is 2.21 bits per heavy atom. The second kappa shape index (κ2) is 15.6. The van der Waals surface area contributed by atoms with Crippen molar-refractivity contribution in [3.63, 3.8) is 0 Å². The van der Waals surface area contributed by atoms with Crippen LogP contribution in [0.3, 0.4) is 0 Å². The van der Waals surface area contributed by atoms with Crippen LogP contribution in [0.25, 0.3) is 0 Å². The number of carbonyl (C=O) groups is 4. The molecule has 0 bridgehead atoms. The lowest BCUT2D eigenvalue weighted by Gasteiger charge is -2.33. The monoisotopic (exact) mass is 530 g/mol. The maximum Gasteiger partial charge on any atom is 0.408 e. The zero-order valence-electron chi connectivity index (χ0n) is 23.6. The van der Waals surface area contributed by atoms with Gasteiger partial charge in [-0.3, -0.25) is 14.4 Å². The summed E-state index contributed by atoms with van der Waals surface area (Å²) in [5.74, 6) is -1.58. The fourth-order valence-corrected chi connectivity index (χ4v) is 3.74. The molecule has 1 rings (SSSR count). The number of carbonyl (C=O) groups excluding carboxylic acids is 4. The molecular weight excluding hydrogens is 488 g/mol. The second-order valence-electron chi connectivity index (χ2n) is 10.3. The number of benzene rings is 1. The molecule has 1 aromatic rings. The highest BCUT2D eigenvalue weighted by Gasteiger charge is 2.36. The van der Waals surface area contributed by atoms with E-state index in [2.05, 4.69) is 10.6 Å². The molecule has 2 atom stereocenters. The molecule has 2 unspecified atom stereocenters. The first-order valence-corrected chi connectivity index (χ1v) is 13.0. The molecule has 10 nitrogen and oxygen atoms in total. The molecule has 0 fully saturated rings. The Labute approximate surface area is 226 Å². The van der Waals surface area contributed by atoms with Crippen LogP contribution in [-0.4, -0.2) is 60.1 Å². The number of nitrogens with one attached hydrogen (secondary N) is 2. The Kier molecular flexibility index (Phi) is 13.3. The van der Waals surface area contributed by atoms with Crippen molar-refractivity contribution >= 4 is 23.9 Å². The van der Waals surface area contributed by atoms with Crippen molar-refractivity contribution in [1.82, 2.24) is 15.5 Å². The third-order valence-electron chi connectivity index (χ3n) is 5.42. The summed E-state index contributed by atoms with van der Waals surface area (Å²) in [6, 6.07) is 6.98. The minimum atomic E-state index is -1.16. The molecular formula is C28H42N4O6.